The monoisotopic (exact) mass is 492 g/mol. The maximum atomic E-state index is 12.8. The average molecular weight is 493 g/mol. The number of hydrogen-bond donors (Lipinski definition) is 2. The molecule has 35 heavy (non-hydrogen) atoms. The van der Waals surface area contributed by atoms with Crippen molar-refractivity contribution in [2.45, 2.75) is 44.8 Å². The predicted octanol–water partition coefficient (Wildman–Crippen LogP) is 3.46. The first kappa shape index (κ1) is 27.0. The van der Waals surface area contributed by atoms with Gasteiger partial charge < -0.3 is 15.5 Å². The van der Waals surface area contributed by atoms with E-state index in [4.69, 9.17) is 0 Å². The lowest BCUT2D eigenvalue weighted by molar-refractivity contribution is -0.137. The Labute approximate surface area is 205 Å². The molecule has 2 fully saturated rings. The third kappa shape index (κ3) is 8.53. The van der Waals surface area contributed by atoms with Crippen LogP contribution in [0.1, 0.15) is 48.5 Å². The highest BCUT2D eigenvalue weighted by Crippen LogP contribution is 2.29. The van der Waals surface area contributed by atoms with Crippen LogP contribution < -0.4 is 10.6 Å². The van der Waals surface area contributed by atoms with E-state index < -0.39 is 17.6 Å². The molecule has 3 rings (SSSR count). The molecule has 2 aliphatic heterocycles. The summed E-state index contributed by atoms with van der Waals surface area (Å²) in [5.74, 6) is -0.326. The van der Waals surface area contributed by atoms with Gasteiger partial charge in [-0.2, -0.15) is 13.2 Å². The molecule has 0 aliphatic carbocycles. The first-order valence-electron chi connectivity index (χ1n) is 12.2. The molecule has 2 aliphatic rings. The van der Waals surface area contributed by atoms with Gasteiger partial charge in [0.15, 0.2) is 0 Å². The summed E-state index contributed by atoms with van der Waals surface area (Å²) < 4.78 is 38.5. The molecule has 2 heterocycles. The van der Waals surface area contributed by atoms with E-state index >= 15 is 0 Å². The van der Waals surface area contributed by atoms with Crippen molar-refractivity contribution in [1.29, 1.82) is 0 Å². The van der Waals surface area contributed by atoms with Gasteiger partial charge in [0.1, 0.15) is 0 Å². The van der Waals surface area contributed by atoms with Gasteiger partial charge in [-0.25, -0.2) is 0 Å². The molecule has 0 unspecified atom stereocenters. The molecule has 2 amide bonds. The van der Waals surface area contributed by atoms with E-state index in [9.17, 15) is 22.8 Å². The maximum absolute atomic E-state index is 12.8. The van der Waals surface area contributed by atoms with Crippen molar-refractivity contribution in [3.63, 3.8) is 0 Å². The van der Waals surface area contributed by atoms with Crippen LogP contribution in [0.2, 0.25) is 0 Å². The Bertz CT molecular complexity index is 935. The number of nitrogens with zero attached hydrogens (tertiary/aromatic N) is 2. The van der Waals surface area contributed by atoms with Gasteiger partial charge in [0, 0.05) is 31.2 Å². The van der Waals surface area contributed by atoms with E-state index in [1.807, 2.05) is 0 Å². The minimum Gasteiger partial charge on any atom is -0.350 e. The van der Waals surface area contributed by atoms with E-state index in [1.165, 1.54) is 30.5 Å². The van der Waals surface area contributed by atoms with Crippen molar-refractivity contribution in [3.05, 3.63) is 53.3 Å². The van der Waals surface area contributed by atoms with Gasteiger partial charge in [-0.05, 0) is 81.9 Å². The number of carbonyl (C=O) groups excluding carboxylic acids is 2. The summed E-state index contributed by atoms with van der Waals surface area (Å²) in [6.45, 7) is 11.4. The summed E-state index contributed by atoms with van der Waals surface area (Å²) in [6, 6.07) is 4.17. The molecular formula is C26H35F3N4O2. The van der Waals surface area contributed by atoms with Crippen molar-refractivity contribution in [1.82, 2.24) is 20.4 Å². The molecule has 0 aromatic heterocycles. The van der Waals surface area contributed by atoms with E-state index in [0.717, 1.165) is 70.2 Å². The zero-order valence-corrected chi connectivity index (χ0v) is 20.3. The van der Waals surface area contributed by atoms with Crippen LogP contribution >= 0.6 is 0 Å². The Hall–Kier alpha value is -2.61. The predicted molar refractivity (Wildman–Crippen MR) is 129 cm³/mol. The summed E-state index contributed by atoms with van der Waals surface area (Å²) in [5, 5.41) is 5.33. The quantitative estimate of drug-likeness (QED) is 0.519. The van der Waals surface area contributed by atoms with E-state index in [-0.39, 0.29) is 24.1 Å². The van der Waals surface area contributed by atoms with Crippen LogP contribution in [0.15, 0.2) is 42.1 Å². The number of nitrogens with one attached hydrogen (secondary N) is 2. The molecule has 9 heteroatoms. The number of benzene rings is 1. The van der Waals surface area contributed by atoms with Crippen LogP contribution in [0, 0.1) is 5.92 Å². The van der Waals surface area contributed by atoms with Crippen molar-refractivity contribution in [2.75, 3.05) is 45.8 Å². The van der Waals surface area contributed by atoms with Gasteiger partial charge in [-0.15, -0.1) is 5.73 Å². The second kappa shape index (κ2) is 12.4. The minimum absolute atomic E-state index is 0.0171. The Morgan fingerprint density at radius 2 is 1.86 bits per heavy atom. The van der Waals surface area contributed by atoms with Crippen LogP contribution in [-0.4, -0.2) is 73.5 Å². The highest BCUT2D eigenvalue weighted by Gasteiger charge is 2.31. The molecule has 0 saturated carbocycles. The highest BCUT2D eigenvalue weighted by molar-refractivity contribution is 5.96. The van der Waals surface area contributed by atoms with Crippen molar-refractivity contribution >= 4 is 11.8 Å². The lowest BCUT2D eigenvalue weighted by atomic mass is 9.93. The number of halogens is 3. The Balaban J connectivity index is 1.33. The zero-order valence-electron chi connectivity index (χ0n) is 20.3. The van der Waals surface area contributed by atoms with E-state index in [0.29, 0.717) is 0 Å². The molecule has 2 saturated heterocycles. The topological polar surface area (TPSA) is 64.7 Å². The SMILES string of the molecule is C=C=C(C)CN1CCC(CCN2CC[C@@H](NC(=O)CNC(=O)c3cccc(C(F)(F)F)c3)C2)CC1. The molecule has 1 aromatic rings. The number of carbonyl (C=O) groups is 2. The van der Waals surface area contributed by atoms with Crippen molar-refractivity contribution in [3.8, 4) is 0 Å². The number of alkyl halides is 3. The van der Waals surface area contributed by atoms with Crippen LogP contribution in [0.4, 0.5) is 13.2 Å². The fourth-order valence-electron chi connectivity index (χ4n) is 4.72. The minimum atomic E-state index is -4.53. The smallest absolute Gasteiger partial charge is 0.350 e. The van der Waals surface area contributed by atoms with E-state index in [2.05, 4.69) is 39.7 Å². The maximum Gasteiger partial charge on any atom is 0.416 e. The second-order valence-electron chi connectivity index (χ2n) is 9.58. The first-order chi connectivity index (χ1) is 16.6. The fraction of sp³-hybridized carbons (Fsp3) is 0.577. The van der Waals surface area contributed by atoms with Crippen LogP contribution in [0.3, 0.4) is 0 Å². The number of hydrogen-bond acceptors (Lipinski definition) is 4. The third-order valence-corrected chi connectivity index (χ3v) is 6.82. The highest BCUT2D eigenvalue weighted by atomic mass is 19.4. The fourth-order valence-corrected chi connectivity index (χ4v) is 4.72. The summed E-state index contributed by atoms with van der Waals surface area (Å²) >= 11 is 0. The zero-order chi connectivity index (χ0) is 25.4. The van der Waals surface area contributed by atoms with Gasteiger partial charge in [0.2, 0.25) is 5.91 Å². The Morgan fingerprint density at radius 3 is 2.54 bits per heavy atom. The normalized spacial score (nSPS) is 19.8. The summed E-state index contributed by atoms with van der Waals surface area (Å²) in [5.41, 5.74) is 3.12. The van der Waals surface area contributed by atoms with Crippen molar-refractivity contribution < 1.29 is 22.8 Å². The van der Waals surface area contributed by atoms with Gasteiger partial charge >= 0.3 is 6.18 Å². The molecule has 0 bridgehead atoms. The first-order valence-corrected chi connectivity index (χ1v) is 12.2. The number of rotatable bonds is 9. The molecule has 1 aromatic carbocycles. The van der Waals surface area contributed by atoms with Gasteiger partial charge in [0.05, 0.1) is 12.1 Å². The third-order valence-electron chi connectivity index (χ3n) is 6.82. The molecular weight excluding hydrogens is 457 g/mol. The molecule has 1 atom stereocenters. The van der Waals surface area contributed by atoms with E-state index in [1.54, 1.807) is 0 Å². The average Bonchev–Trinajstić information content (AvgIpc) is 3.28. The van der Waals surface area contributed by atoms with Crippen LogP contribution in [0.5, 0.6) is 0 Å². The van der Waals surface area contributed by atoms with Crippen LogP contribution in [0.25, 0.3) is 0 Å². The number of likely N-dealkylation sites (tertiary alicyclic amines) is 2. The Kier molecular flexibility index (Phi) is 9.55. The van der Waals surface area contributed by atoms with Crippen molar-refractivity contribution in [2.24, 2.45) is 5.92 Å². The molecule has 2 N–H and O–H groups in total. The molecule has 0 spiro atoms. The lowest BCUT2D eigenvalue weighted by Gasteiger charge is -2.32. The largest absolute Gasteiger partial charge is 0.416 e. The second-order valence-corrected chi connectivity index (χ2v) is 9.58. The number of amides is 2. The van der Waals surface area contributed by atoms with Gasteiger partial charge in [-0.1, -0.05) is 12.6 Å². The molecule has 6 nitrogen and oxygen atoms in total. The summed E-state index contributed by atoms with van der Waals surface area (Å²) in [7, 11) is 0. The van der Waals surface area contributed by atoms with Gasteiger partial charge in [-0.3, -0.25) is 14.5 Å². The number of piperidine rings is 1. The standard InChI is InChI=1S/C26H35F3N4O2/c1-3-19(2)17-32-11-7-20(8-12-32)9-13-33-14-10-23(18-33)31-24(34)16-30-25(35)21-5-4-6-22(15-21)26(27,28)29/h4-6,15,20,23H,1,7-14,16-18H2,2H3,(H,30,35)(H,31,34)/t23-/m1/s1. The summed E-state index contributed by atoms with van der Waals surface area (Å²) in [6.07, 6.45) is -0.133. The van der Waals surface area contributed by atoms with Crippen LogP contribution in [-0.2, 0) is 11.0 Å². The van der Waals surface area contributed by atoms with Gasteiger partial charge in [0.25, 0.3) is 5.91 Å². The Morgan fingerprint density at radius 1 is 1.14 bits per heavy atom. The molecule has 0 radical (unpaired) electrons. The lowest BCUT2D eigenvalue weighted by Crippen LogP contribution is -2.43. The molecule has 192 valence electrons. The summed E-state index contributed by atoms with van der Waals surface area (Å²) in [4.78, 5) is 29.2.